The number of benzene rings is 2. The number of hydrogen-bond acceptors (Lipinski definition) is 3. The van der Waals surface area contributed by atoms with E-state index in [0.717, 1.165) is 12.2 Å². The molecular formula is C21H21NO3. The number of carbonyl (C=O) groups is 1. The van der Waals surface area contributed by atoms with Gasteiger partial charge in [-0.1, -0.05) is 48.0 Å². The maximum Gasteiger partial charge on any atom is 0.287 e. The molecular weight excluding hydrogens is 314 g/mol. The number of hydrogen-bond donors (Lipinski definition) is 1. The normalized spacial score (nSPS) is 10.4. The van der Waals surface area contributed by atoms with Crippen LogP contribution in [-0.2, 0) is 13.0 Å². The number of ether oxygens (including phenoxy) is 1. The molecule has 25 heavy (non-hydrogen) atoms. The molecule has 0 fully saturated rings. The van der Waals surface area contributed by atoms with Gasteiger partial charge in [0.15, 0.2) is 5.76 Å². The highest BCUT2D eigenvalue weighted by molar-refractivity contribution is 5.91. The number of furan rings is 1. The summed E-state index contributed by atoms with van der Waals surface area (Å²) in [5.41, 5.74) is 2.37. The Morgan fingerprint density at radius 1 is 1.00 bits per heavy atom. The average molecular weight is 335 g/mol. The molecule has 0 radical (unpaired) electrons. The highest BCUT2D eigenvalue weighted by Gasteiger charge is 2.11. The fourth-order valence-corrected chi connectivity index (χ4v) is 2.42. The molecule has 0 unspecified atom stereocenters. The third-order valence-electron chi connectivity index (χ3n) is 3.83. The summed E-state index contributed by atoms with van der Waals surface area (Å²) in [5, 5.41) is 2.87. The van der Waals surface area contributed by atoms with Gasteiger partial charge in [-0.3, -0.25) is 4.79 Å². The topological polar surface area (TPSA) is 51.5 Å². The van der Waals surface area contributed by atoms with Gasteiger partial charge in [0, 0.05) is 6.54 Å². The molecule has 3 rings (SSSR count). The van der Waals surface area contributed by atoms with Crippen LogP contribution in [0.25, 0.3) is 0 Å². The molecule has 3 aromatic rings. The van der Waals surface area contributed by atoms with E-state index in [1.807, 2.05) is 61.5 Å². The third-order valence-corrected chi connectivity index (χ3v) is 3.83. The fraction of sp³-hybridized carbons (Fsp3) is 0.190. The van der Waals surface area contributed by atoms with Gasteiger partial charge in [0.2, 0.25) is 0 Å². The van der Waals surface area contributed by atoms with Crippen molar-refractivity contribution in [3.8, 4) is 5.75 Å². The molecule has 0 saturated heterocycles. The van der Waals surface area contributed by atoms with Gasteiger partial charge in [0.05, 0.1) is 0 Å². The Labute approximate surface area is 147 Å². The number of amides is 1. The highest BCUT2D eigenvalue weighted by Crippen LogP contribution is 2.15. The quantitative estimate of drug-likeness (QED) is 0.706. The van der Waals surface area contributed by atoms with E-state index in [0.29, 0.717) is 24.7 Å². The molecule has 0 aliphatic heterocycles. The van der Waals surface area contributed by atoms with Crippen LogP contribution in [0.1, 0.15) is 27.4 Å². The van der Waals surface area contributed by atoms with E-state index in [-0.39, 0.29) is 5.91 Å². The number of aryl methyl sites for hydroxylation is 1. The zero-order valence-corrected chi connectivity index (χ0v) is 14.2. The summed E-state index contributed by atoms with van der Waals surface area (Å²) in [6.07, 6.45) is 0.788. The van der Waals surface area contributed by atoms with E-state index in [2.05, 4.69) is 5.32 Å². The third kappa shape index (κ3) is 4.98. The van der Waals surface area contributed by atoms with Crippen LogP contribution in [0.15, 0.2) is 71.1 Å². The van der Waals surface area contributed by atoms with Gasteiger partial charge in [0.1, 0.15) is 18.1 Å². The molecule has 1 heterocycles. The standard InChI is InChI=1S/C21H21NO3/c1-16-7-9-18(10-8-16)24-15-19-11-12-20(25-19)21(23)22-14-13-17-5-3-2-4-6-17/h2-12H,13-15H2,1H3,(H,22,23). The van der Waals surface area contributed by atoms with Gasteiger partial charge in [-0.25, -0.2) is 0 Å². The summed E-state index contributed by atoms with van der Waals surface area (Å²) in [7, 11) is 0. The first-order chi connectivity index (χ1) is 12.2. The maximum atomic E-state index is 12.1. The van der Waals surface area contributed by atoms with Gasteiger partial charge < -0.3 is 14.5 Å². The first kappa shape index (κ1) is 16.8. The summed E-state index contributed by atoms with van der Waals surface area (Å²) in [6, 6.07) is 21.3. The van der Waals surface area contributed by atoms with Crippen molar-refractivity contribution in [2.75, 3.05) is 6.54 Å². The molecule has 0 spiro atoms. The second-order valence-corrected chi connectivity index (χ2v) is 5.86. The van der Waals surface area contributed by atoms with Gasteiger partial charge in [0.25, 0.3) is 5.91 Å². The van der Waals surface area contributed by atoms with Crippen LogP contribution < -0.4 is 10.1 Å². The van der Waals surface area contributed by atoms with Crippen molar-refractivity contribution in [3.63, 3.8) is 0 Å². The molecule has 1 N–H and O–H groups in total. The molecule has 128 valence electrons. The summed E-state index contributed by atoms with van der Waals surface area (Å²) in [5.74, 6) is 1.48. The van der Waals surface area contributed by atoms with Gasteiger partial charge >= 0.3 is 0 Å². The van der Waals surface area contributed by atoms with Crippen molar-refractivity contribution in [3.05, 3.63) is 89.4 Å². The molecule has 0 atom stereocenters. The lowest BCUT2D eigenvalue weighted by Gasteiger charge is -2.05. The maximum absolute atomic E-state index is 12.1. The van der Waals surface area contributed by atoms with E-state index in [9.17, 15) is 4.79 Å². The molecule has 0 saturated carbocycles. The molecule has 1 aromatic heterocycles. The zero-order chi connectivity index (χ0) is 17.5. The Morgan fingerprint density at radius 2 is 1.76 bits per heavy atom. The van der Waals surface area contributed by atoms with E-state index in [1.165, 1.54) is 11.1 Å². The Morgan fingerprint density at radius 3 is 2.52 bits per heavy atom. The summed E-state index contributed by atoms with van der Waals surface area (Å²) in [4.78, 5) is 12.1. The Kier molecular flexibility index (Phi) is 5.52. The molecule has 0 aliphatic carbocycles. The second kappa shape index (κ2) is 8.20. The lowest BCUT2D eigenvalue weighted by atomic mass is 10.1. The molecule has 2 aromatic carbocycles. The second-order valence-electron chi connectivity index (χ2n) is 5.86. The van der Waals surface area contributed by atoms with Crippen molar-refractivity contribution < 1.29 is 13.9 Å². The SMILES string of the molecule is Cc1ccc(OCc2ccc(C(=O)NCCc3ccccc3)o2)cc1. The molecule has 4 nitrogen and oxygen atoms in total. The van der Waals surface area contributed by atoms with Crippen LogP contribution in [0.5, 0.6) is 5.75 Å². The van der Waals surface area contributed by atoms with Crippen molar-refractivity contribution in [1.82, 2.24) is 5.32 Å². The van der Waals surface area contributed by atoms with Gasteiger partial charge in [-0.05, 0) is 43.2 Å². The van der Waals surface area contributed by atoms with Crippen LogP contribution >= 0.6 is 0 Å². The minimum Gasteiger partial charge on any atom is -0.486 e. The first-order valence-corrected chi connectivity index (χ1v) is 8.31. The van der Waals surface area contributed by atoms with E-state index < -0.39 is 0 Å². The monoisotopic (exact) mass is 335 g/mol. The van der Waals surface area contributed by atoms with E-state index in [4.69, 9.17) is 9.15 Å². The summed E-state index contributed by atoms with van der Waals surface area (Å²) in [6.45, 7) is 2.89. The Hall–Kier alpha value is -3.01. The first-order valence-electron chi connectivity index (χ1n) is 8.31. The average Bonchev–Trinajstić information content (AvgIpc) is 3.11. The van der Waals surface area contributed by atoms with Crippen molar-refractivity contribution in [2.24, 2.45) is 0 Å². The molecule has 1 amide bonds. The lowest BCUT2D eigenvalue weighted by molar-refractivity contribution is 0.0922. The largest absolute Gasteiger partial charge is 0.486 e. The lowest BCUT2D eigenvalue weighted by Crippen LogP contribution is -2.25. The predicted octanol–water partition coefficient (Wildman–Crippen LogP) is 4.14. The molecule has 0 bridgehead atoms. The van der Waals surface area contributed by atoms with Crippen molar-refractivity contribution in [1.29, 1.82) is 0 Å². The van der Waals surface area contributed by atoms with E-state index >= 15 is 0 Å². The number of rotatable bonds is 7. The minimum absolute atomic E-state index is 0.211. The van der Waals surface area contributed by atoms with Crippen LogP contribution in [-0.4, -0.2) is 12.5 Å². The van der Waals surface area contributed by atoms with Gasteiger partial charge in [-0.15, -0.1) is 0 Å². The number of nitrogens with one attached hydrogen (secondary N) is 1. The van der Waals surface area contributed by atoms with Crippen molar-refractivity contribution in [2.45, 2.75) is 20.0 Å². The highest BCUT2D eigenvalue weighted by atomic mass is 16.5. The van der Waals surface area contributed by atoms with Crippen LogP contribution in [0.4, 0.5) is 0 Å². The fourth-order valence-electron chi connectivity index (χ4n) is 2.42. The number of carbonyl (C=O) groups excluding carboxylic acids is 1. The van der Waals surface area contributed by atoms with Crippen LogP contribution in [0.3, 0.4) is 0 Å². The zero-order valence-electron chi connectivity index (χ0n) is 14.2. The van der Waals surface area contributed by atoms with Crippen LogP contribution in [0, 0.1) is 6.92 Å². The summed E-state index contributed by atoms with van der Waals surface area (Å²) >= 11 is 0. The van der Waals surface area contributed by atoms with E-state index in [1.54, 1.807) is 12.1 Å². The Balaban J connectivity index is 1.47. The Bertz CT molecular complexity index is 807. The molecule has 0 aliphatic rings. The minimum atomic E-state index is -0.211. The van der Waals surface area contributed by atoms with Crippen molar-refractivity contribution >= 4 is 5.91 Å². The molecule has 4 heteroatoms. The summed E-state index contributed by atoms with van der Waals surface area (Å²) < 4.78 is 11.2. The predicted molar refractivity (Wildman–Crippen MR) is 96.7 cm³/mol. The van der Waals surface area contributed by atoms with Gasteiger partial charge in [-0.2, -0.15) is 0 Å². The van der Waals surface area contributed by atoms with Crippen LogP contribution in [0.2, 0.25) is 0 Å². The smallest absolute Gasteiger partial charge is 0.287 e.